The summed E-state index contributed by atoms with van der Waals surface area (Å²) in [6, 6.07) is 14.7. The van der Waals surface area contributed by atoms with Gasteiger partial charge in [-0.1, -0.05) is 35.9 Å². The highest BCUT2D eigenvalue weighted by Crippen LogP contribution is 2.31. The first-order valence-electron chi connectivity index (χ1n) is 6.40. The van der Waals surface area contributed by atoms with Gasteiger partial charge in [-0.3, -0.25) is 4.79 Å². The Bertz CT molecular complexity index is 1030. The van der Waals surface area contributed by atoms with Crippen LogP contribution in [0.2, 0.25) is 5.02 Å². The number of aromatic amines is 1. The molecule has 2 heterocycles. The third kappa shape index (κ3) is 1.84. The molecule has 4 nitrogen and oxygen atoms in total. The summed E-state index contributed by atoms with van der Waals surface area (Å²) in [6.45, 7) is 0. The van der Waals surface area contributed by atoms with Crippen molar-refractivity contribution in [2.24, 2.45) is 0 Å². The van der Waals surface area contributed by atoms with E-state index in [2.05, 4.69) is 9.97 Å². The molecular formula is C16H9ClN2O2. The van der Waals surface area contributed by atoms with E-state index in [0.29, 0.717) is 22.1 Å². The van der Waals surface area contributed by atoms with Gasteiger partial charge in [0.1, 0.15) is 0 Å². The number of H-pyrrole nitrogens is 1. The number of hydrogen-bond donors (Lipinski definition) is 1. The maximum absolute atomic E-state index is 12.1. The Morgan fingerprint density at radius 3 is 2.67 bits per heavy atom. The molecule has 0 aliphatic heterocycles. The number of hydrogen-bond acceptors (Lipinski definition) is 3. The van der Waals surface area contributed by atoms with E-state index in [9.17, 15) is 4.79 Å². The van der Waals surface area contributed by atoms with Crippen LogP contribution in [-0.4, -0.2) is 9.97 Å². The molecule has 0 spiro atoms. The molecular weight excluding hydrogens is 288 g/mol. The van der Waals surface area contributed by atoms with E-state index in [1.165, 1.54) is 0 Å². The number of aromatic nitrogens is 2. The van der Waals surface area contributed by atoms with Gasteiger partial charge in [0.15, 0.2) is 11.1 Å². The quantitative estimate of drug-likeness (QED) is 0.578. The molecule has 21 heavy (non-hydrogen) atoms. The van der Waals surface area contributed by atoms with Gasteiger partial charge in [0.2, 0.25) is 5.89 Å². The zero-order valence-electron chi connectivity index (χ0n) is 10.8. The topological polar surface area (TPSA) is 58.9 Å². The van der Waals surface area contributed by atoms with Crippen LogP contribution in [-0.2, 0) is 0 Å². The number of nitrogens with zero attached hydrogens (tertiary/aromatic N) is 1. The molecule has 0 atom stereocenters. The van der Waals surface area contributed by atoms with E-state index in [1.807, 2.05) is 42.5 Å². The van der Waals surface area contributed by atoms with Crippen LogP contribution in [0.4, 0.5) is 0 Å². The van der Waals surface area contributed by atoms with Gasteiger partial charge in [0, 0.05) is 5.39 Å². The second kappa shape index (κ2) is 4.46. The van der Waals surface area contributed by atoms with Crippen LogP contribution in [0.25, 0.3) is 33.5 Å². The van der Waals surface area contributed by atoms with Gasteiger partial charge in [0.25, 0.3) is 5.56 Å². The fourth-order valence-electron chi connectivity index (χ4n) is 2.38. The standard InChI is InChI=1S/C16H9ClN2O2/c17-11-7-3-1-5-9(11)16-19-13-14(21-16)10-6-2-4-8-12(10)18-15(13)20/h1-8H,(H,18,20). The molecule has 0 saturated carbocycles. The summed E-state index contributed by atoms with van der Waals surface area (Å²) in [6.07, 6.45) is 0. The van der Waals surface area contributed by atoms with Crippen molar-refractivity contribution < 1.29 is 4.42 Å². The monoisotopic (exact) mass is 296 g/mol. The fraction of sp³-hybridized carbons (Fsp3) is 0. The van der Waals surface area contributed by atoms with Crippen molar-refractivity contribution in [3.05, 3.63) is 63.9 Å². The Kier molecular flexibility index (Phi) is 2.59. The van der Waals surface area contributed by atoms with Crippen molar-refractivity contribution in [3.8, 4) is 11.5 Å². The second-order valence-corrected chi connectivity index (χ2v) is 5.08. The molecule has 0 fully saturated rings. The van der Waals surface area contributed by atoms with E-state index >= 15 is 0 Å². The third-order valence-corrected chi connectivity index (χ3v) is 3.70. The van der Waals surface area contributed by atoms with Crippen LogP contribution < -0.4 is 5.56 Å². The zero-order valence-corrected chi connectivity index (χ0v) is 11.5. The van der Waals surface area contributed by atoms with Crippen molar-refractivity contribution in [2.75, 3.05) is 0 Å². The molecule has 0 bridgehead atoms. The van der Waals surface area contributed by atoms with E-state index in [4.69, 9.17) is 16.0 Å². The largest absolute Gasteiger partial charge is 0.435 e. The normalized spacial score (nSPS) is 11.3. The van der Waals surface area contributed by atoms with Crippen LogP contribution in [0.15, 0.2) is 57.7 Å². The minimum Gasteiger partial charge on any atom is -0.435 e. The highest BCUT2D eigenvalue weighted by molar-refractivity contribution is 6.33. The Morgan fingerprint density at radius 2 is 1.81 bits per heavy atom. The molecule has 0 saturated heterocycles. The smallest absolute Gasteiger partial charge is 0.278 e. The number of oxazole rings is 1. The minimum atomic E-state index is -0.272. The lowest BCUT2D eigenvalue weighted by atomic mass is 10.2. The summed E-state index contributed by atoms with van der Waals surface area (Å²) in [5.41, 5.74) is 1.87. The number of nitrogens with one attached hydrogen (secondary N) is 1. The Morgan fingerprint density at radius 1 is 1.05 bits per heavy atom. The zero-order chi connectivity index (χ0) is 14.4. The molecule has 0 aliphatic rings. The van der Waals surface area contributed by atoms with Crippen LogP contribution in [0.5, 0.6) is 0 Å². The van der Waals surface area contributed by atoms with E-state index in [1.54, 1.807) is 6.07 Å². The molecule has 4 rings (SSSR count). The van der Waals surface area contributed by atoms with Gasteiger partial charge in [-0.15, -0.1) is 0 Å². The predicted molar refractivity (Wildman–Crippen MR) is 82.6 cm³/mol. The van der Waals surface area contributed by atoms with Gasteiger partial charge < -0.3 is 9.40 Å². The van der Waals surface area contributed by atoms with Gasteiger partial charge in [-0.05, 0) is 24.3 Å². The third-order valence-electron chi connectivity index (χ3n) is 3.37. The number of pyridine rings is 1. The average molecular weight is 297 g/mol. The average Bonchev–Trinajstić information content (AvgIpc) is 2.94. The molecule has 5 heteroatoms. The molecule has 0 aliphatic carbocycles. The highest BCUT2D eigenvalue weighted by atomic mass is 35.5. The van der Waals surface area contributed by atoms with Crippen molar-refractivity contribution in [3.63, 3.8) is 0 Å². The SMILES string of the molecule is O=c1[nH]c2ccccc2c2oc(-c3ccccc3Cl)nc12. The Balaban J connectivity index is 2.11. The molecule has 0 amide bonds. The van der Waals surface area contributed by atoms with Gasteiger partial charge in [0.05, 0.1) is 16.1 Å². The molecule has 2 aromatic carbocycles. The van der Waals surface area contributed by atoms with E-state index in [0.717, 1.165) is 10.9 Å². The fourth-order valence-corrected chi connectivity index (χ4v) is 2.59. The highest BCUT2D eigenvalue weighted by Gasteiger charge is 2.15. The first-order chi connectivity index (χ1) is 10.2. The summed E-state index contributed by atoms with van der Waals surface area (Å²) in [5, 5.41) is 1.35. The van der Waals surface area contributed by atoms with Crippen LogP contribution in [0.1, 0.15) is 0 Å². The Labute approximate surface area is 124 Å². The second-order valence-electron chi connectivity index (χ2n) is 4.68. The predicted octanol–water partition coefficient (Wildman–Crippen LogP) is 3.99. The lowest BCUT2D eigenvalue weighted by Gasteiger charge is -1.97. The van der Waals surface area contributed by atoms with Gasteiger partial charge in [-0.25, -0.2) is 4.98 Å². The lowest BCUT2D eigenvalue weighted by molar-refractivity contribution is 0.623. The molecule has 1 N–H and O–H groups in total. The van der Waals surface area contributed by atoms with E-state index < -0.39 is 0 Å². The number of benzene rings is 2. The summed E-state index contributed by atoms with van der Waals surface area (Å²) >= 11 is 6.16. The van der Waals surface area contributed by atoms with Crippen molar-refractivity contribution in [1.29, 1.82) is 0 Å². The van der Waals surface area contributed by atoms with Crippen LogP contribution in [0, 0.1) is 0 Å². The van der Waals surface area contributed by atoms with Crippen molar-refractivity contribution >= 4 is 33.6 Å². The number of fused-ring (bicyclic) bond motifs is 3. The number of rotatable bonds is 1. The molecule has 2 aromatic heterocycles. The van der Waals surface area contributed by atoms with Gasteiger partial charge in [-0.2, -0.15) is 0 Å². The molecule has 0 radical (unpaired) electrons. The van der Waals surface area contributed by atoms with Crippen LogP contribution in [0.3, 0.4) is 0 Å². The summed E-state index contributed by atoms with van der Waals surface area (Å²) in [5.74, 6) is 0.345. The van der Waals surface area contributed by atoms with E-state index in [-0.39, 0.29) is 11.1 Å². The maximum Gasteiger partial charge on any atom is 0.278 e. The first-order valence-corrected chi connectivity index (χ1v) is 6.78. The number of para-hydroxylation sites is 1. The summed E-state index contributed by atoms with van der Waals surface area (Å²) in [4.78, 5) is 19.2. The summed E-state index contributed by atoms with van der Waals surface area (Å²) < 4.78 is 5.81. The van der Waals surface area contributed by atoms with Crippen LogP contribution >= 0.6 is 11.6 Å². The minimum absolute atomic E-state index is 0.272. The summed E-state index contributed by atoms with van der Waals surface area (Å²) in [7, 11) is 0. The molecule has 4 aromatic rings. The van der Waals surface area contributed by atoms with Crippen molar-refractivity contribution in [2.45, 2.75) is 0 Å². The Hall–Kier alpha value is -2.59. The van der Waals surface area contributed by atoms with Crippen molar-refractivity contribution in [1.82, 2.24) is 9.97 Å². The molecule has 102 valence electrons. The number of halogens is 1. The lowest BCUT2D eigenvalue weighted by Crippen LogP contribution is -2.05. The first kappa shape index (κ1) is 12.2. The maximum atomic E-state index is 12.1. The van der Waals surface area contributed by atoms with Gasteiger partial charge >= 0.3 is 0 Å². The molecule has 0 unspecified atom stereocenters.